The number of aromatic nitrogens is 2. The van der Waals surface area contributed by atoms with Crippen molar-refractivity contribution >= 4 is 154 Å². The Morgan fingerprint density at radius 2 is 0.625 bits per heavy atom. The highest BCUT2D eigenvalue weighted by Gasteiger charge is 2.28. The van der Waals surface area contributed by atoms with E-state index in [4.69, 9.17) is 8.83 Å². The molecular formula is C66H38N4O2. The number of hydrogen-bond donors (Lipinski definition) is 0. The topological polar surface area (TPSA) is 41.6 Å². The Morgan fingerprint density at radius 1 is 0.264 bits per heavy atom. The number of furan rings is 2. The summed E-state index contributed by atoms with van der Waals surface area (Å²) >= 11 is 0. The van der Waals surface area contributed by atoms with Gasteiger partial charge in [-0.2, -0.15) is 0 Å². The third-order valence-electron chi connectivity index (χ3n) is 15.5. The molecule has 0 atom stereocenters. The highest BCUT2D eigenvalue weighted by atomic mass is 16.3. The predicted octanol–water partition coefficient (Wildman–Crippen LogP) is 18.7. The zero-order valence-electron chi connectivity index (χ0n) is 38.5. The smallest absolute Gasteiger partial charge is 0.159 e. The fraction of sp³-hybridized carbons (Fsp3) is 0. The summed E-state index contributed by atoms with van der Waals surface area (Å²) in [6, 6.07) is 83.2. The number of para-hydroxylation sites is 8. The summed E-state index contributed by atoms with van der Waals surface area (Å²) in [6.07, 6.45) is 0. The summed E-state index contributed by atoms with van der Waals surface area (Å²) in [4.78, 5) is 4.77. The lowest BCUT2D eigenvalue weighted by atomic mass is 10.0. The summed E-state index contributed by atoms with van der Waals surface area (Å²) in [5.74, 6) is 0. The molecule has 0 aliphatic heterocycles. The molecule has 0 spiro atoms. The van der Waals surface area contributed by atoms with Crippen LogP contribution >= 0.6 is 0 Å². The van der Waals surface area contributed by atoms with E-state index in [1.54, 1.807) is 0 Å². The molecule has 0 bridgehead atoms. The standard InChI is InChI=1S/C66H38N4O2/c1-3-17-39(18-4-1)67(55-33-13-25-45-41-21-7-9-35-59(41)71-65(45)55)51-29-15-31-53-61(51)47-27-11-23-43-49-38-58-50(37-57(49)69(53)63(43)47)44-24-12-28-48-62-52(30-16-32-54(62)70(58)64(44)48)68(40-19-5-2-6-20-40)56-34-14-26-46-42-22-8-10-36-60(42)72-66(46)56/h1-38H. The Balaban J connectivity index is 0.921. The van der Waals surface area contributed by atoms with Crippen LogP contribution in [0.3, 0.4) is 0 Å². The second-order valence-corrected chi connectivity index (χ2v) is 19.1. The molecule has 17 aromatic rings. The molecule has 11 aromatic carbocycles. The summed E-state index contributed by atoms with van der Waals surface area (Å²) < 4.78 is 18.5. The van der Waals surface area contributed by atoms with Gasteiger partial charge in [0.25, 0.3) is 0 Å². The highest BCUT2D eigenvalue weighted by Crippen LogP contribution is 2.52. The Hall–Kier alpha value is -9.78. The van der Waals surface area contributed by atoms with Crippen molar-refractivity contribution in [2.24, 2.45) is 0 Å². The van der Waals surface area contributed by atoms with Crippen molar-refractivity contribution in [2.75, 3.05) is 9.80 Å². The van der Waals surface area contributed by atoms with Gasteiger partial charge in [-0.05, 0) is 84.9 Å². The predicted molar refractivity (Wildman–Crippen MR) is 300 cm³/mol. The average molecular weight is 919 g/mol. The van der Waals surface area contributed by atoms with Gasteiger partial charge in [-0.15, -0.1) is 0 Å². The molecule has 0 radical (unpaired) electrons. The van der Waals surface area contributed by atoms with Gasteiger partial charge in [-0.3, -0.25) is 0 Å². The Morgan fingerprint density at radius 3 is 1.10 bits per heavy atom. The van der Waals surface area contributed by atoms with Crippen LogP contribution in [0.4, 0.5) is 34.1 Å². The van der Waals surface area contributed by atoms with E-state index in [9.17, 15) is 0 Å². The molecule has 0 saturated carbocycles. The lowest BCUT2D eigenvalue weighted by Crippen LogP contribution is -2.10. The number of rotatable bonds is 6. The largest absolute Gasteiger partial charge is 0.454 e. The first-order valence-corrected chi connectivity index (χ1v) is 24.6. The van der Waals surface area contributed by atoms with Gasteiger partial charge < -0.3 is 27.4 Å². The van der Waals surface area contributed by atoms with Gasteiger partial charge in [0, 0.05) is 76.0 Å². The molecule has 6 aromatic heterocycles. The van der Waals surface area contributed by atoms with Gasteiger partial charge in [-0.1, -0.05) is 146 Å². The maximum absolute atomic E-state index is 6.73. The molecule has 0 saturated heterocycles. The fourth-order valence-corrected chi connectivity index (χ4v) is 12.7. The van der Waals surface area contributed by atoms with Crippen molar-refractivity contribution in [3.63, 3.8) is 0 Å². The van der Waals surface area contributed by atoms with E-state index in [1.807, 2.05) is 12.1 Å². The maximum atomic E-state index is 6.73. The molecule has 0 fully saturated rings. The van der Waals surface area contributed by atoms with E-state index in [-0.39, 0.29) is 0 Å². The third kappa shape index (κ3) is 4.87. The van der Waals surface area contributed by atoms with E-state index in [0.29, 0.717) is 0 Å². The molecule has 17 rings (SSSR count). The molecule has 72 heavy (non-hydrogen) atoms. The maximum Gasteiger partial charge on any atom is 0.159 e. The second-order valence-electron chi connectivity index (χ2n) is 19.1. The monoisotopic (exact) mass is 918 g/mol. The van der Waals surface area contributed by atoms with Gasteiger partial charge in [-0.25, -0.2) is 0 Å². The van der Waals surface area contributed by atoms with Crippen molar-refractivity contribution < 1.29 is 8.83 Å². The first-order chi connectivity index (χ1) is 35.8. The normalized spacial score (nSPS) is 12.4. The molecular weight excluding hydrogens is 881 g/mol. The summed E-state index contributed by atoms with van der Waals surface area (Å²) in [6.45, 7) is 0. The fourth-order valence-electron chi connectivity index (χ4n) is 12.7. The Kier molecular flexibility index (Phi) is 7.38. The van der Waals surface area contributed by atoms with Crippen LogP contribution in [0.2, 0.25) is 0 Å². The number of hydrogen-bond acceptors (Lipinski definition) is 4. The quantitative estimate of drug-likeness (QED) is 0.167. The van der Waals surface area contributed by atoms with Gasteiger partial charge in [0.05, 0.1) is 55.8 Å². The van der Waals surface area contributed by atoms with Crippen LogP contribution < -0.4 is 9.80 Å². The first-order valence-electron chi connectivity index (χ1n) is 24.6. The summed E-state index contributed by atoms with van der Waals surface area (Å²) in [5.41, 5.74) is 17.0. The molecule has 0 unspecified atom stereocenters. The van der Waals surface area contributed by atoms with Crippen LogP contribution in [-0.2, 0) is 0 Å². The van der Waals surface area contributed by atoms with Crippen LogP contribution in [-0.4, -0.2) is 8.80 Å². The molecule has 0 N–H and O–H groups in total. The van der Waals surface area contributed by atoms with Crippen molar-refractivity contribution in [3.05, 3.63) is 231 Å². The lowest BCUT2D eigenvalue weighted by Gasteiger charge is -2.26. The van der Waals surface area contributed by atoms with E-state index >= 15 is 0 Å². The van der Waals surface area contributed by atoms with Gasteiger partial charge >= 0.3 is 0 Å². The van der Waals surface area contributed by atoms with E-state index in [0.717, 1.165) is 89.0 Å². The van der Waals surface area contributed by atoms with E-state index < -0.39 is 0 Å². The molecule has 6 nitrogen and oxygen atoms in total. The van der Waals surface area contributed by atoms with E-state index in [1.165, 1.54) is 65.2 Å². The summed E-state index contributed by atoms with van der Waals surface area (Å²) in [5, 5.41) is 14.2. The zero-order valence-corrected chi connectivity index (χ0v) is 38.5. The SMILES string of the molecule is c1ccc(N(c2cccc3c2oc2ccccc23)c2cccc3c2c2cccc4c5cc6c(cc5n3c42)c2cccc3c4c(N(c5ccccc5)c5cccc7c5oc5ccccc57)cccc4n6c23)cc1. The lowest BCUT2D eigenvalue weighted by molar-refractivity contribution is 0.669. The minimum absolute atomic E-state index is 0.867. The minimum Gasteiger partial charge on any atom is -0.454 e. The zero-order chi connectivity index (χ0) is 46.8. The molecule has 0 aliphatic carbocycles. The molecule has 0 aliphatic rings. The van der Waals surface area contributed by atoms with Crippen LogP contribution in [0.1, 0.15) is 0 Å². The Labute approximate surface area is 410 Å². The van der Waals surface area contributed by atoms with Crippen LogP contribution in [0, 0.1) is 0 Å². The van der Waals surface area contributed by atoms with Crippen LogP contribution in [0.15, 0.2) is 239 Å². The minimum atomic E-state index is 0.867. The molecule has 334 valence electrons. The molecule has 6 heteroatoms. The van der Waals surface area contributed by atoms with Gasteiger partial charge in [0.1, 0.15) is 11.2 Å². The molecule has 0 amide bonds. The second kappa shape index (κ2) is 13.9. The highest BCUT2D eigenvalue weighted by molar-refractivity contribution is 6.31. The number of benzene rings is 11. The van der Waals surface area contributed by atoms with Crippen molar-refractivity contribution in [3.8, 4) is 0 Å². The van der Waals surface area contributed by atoms with Crippen molar-refractivity contribution in [1.29, 1.82) is 0 Å². The van der Waals surface area contributed by atoms with Crippen molar-refractivity contribution in [2.45, 2.75) is 0 Å². The number of fused-ring (bicyclic) bond motifs is 18. The van der Waals surface area contributed by atoms with Crippen LogP contribution in [0.5, 0.6) is 0 Å². The summed E-state index contributed by atoms with van der Waals surface area (Å²) in [7, 11) is 0. The molecule has 6 heterocycles. The van der Waals surface area contributed by atoms with E-state index in [2.05, 4.69) is 237 Å². The third-order valence-corrected chi connectivity index (χ3v) is 15.5. The number of nitrogens with zero attached hydrogens (tertiary/aromatic N) is 4. The van der Waals surface area contributed by atoms with Crippen LogP contribution in [0.25, 0.3) is 120 Å². The first kappa shape index (κ1) is 38.1. The Bertz CT molecular complexity index is 4740. The number of anilines is 6. The van der Waals surface area contributed by atoms with Crippen molar-refractivity contribution in [1.82, 2.24) is 8.80 Å². The average Bonchev–Trinajstić information content (AvgIpc) is 4.29. The van der Waals surface area contributed by atoms with Gasteiger partial charge in [0.2, 0.25) is 0 Å². The van der Waals surface area contributed by atoms with Gasteiger partial charge in [0.15, 0.2) is 11.2 Å².